The highest BCUT2D eigenvalue weighted by molar-refractivity contribution is 5.83. The van der Waals surface area contributed by atoms with Crippen LogP contribution in [0.4, 0.5) is 0 Å². The summed E-state index contributed by atoms with van der Waals surface area (Å²) < 4.78 is 5.78. The number of hydrogen-bond donors (Lipinski definition) is 2. The van der Waals surface area contributed by atoms with Gasteiger partial charge in [-0.25, -0.2) is 0 Å². The van der Waals surface area contributed by atoms with Crippen molar-refractivity contribution in [3.05, 3.63) is 65.7 Å². The van der Waals surface area contributed by atoms with Gasteiger partial charge in [-0.15, -0.1) is 0 Å². The lowest BCUT2D eigenvalue weighted by atomic mass is 9.97. The van der Waals surface area contributed by atoms with E-state index in [9.17, 15) is 9.90 Å². The molecule has 2 aromatic carbocycles. The Morgan fingerprint density at radius 3 is 2.19 bits per heavy atom. The number of rotatable bonds is 9. The molecule has 1 amide bonds. The fourth-order valence-electron chi connectivity index (χ4n) is 2.78. The first-order valence-corrected chi connectivity index (χ1v) is 9.68. The molecule has 4 atom stereocenters. The van der Waals surface area contributed by atoms with Crippen molar-refractivity contribution in [2.75, 3.05) is 6.61 Å². The predicted molar refractivity (Wildman–Crippen MR) is 109 cm³/mol. The number of ether oxygens (including phenoxy) is 1. The highest BCUT2D eigenvalue weighted by atomic mass is 16.5. The van der Waals surface area contributed by atoms with E-state index < -0.39 is 12.1 Å². The van der Waals surface area contributed by atoms with E-state index in [1.54, 1.807) is 6.92 Å². The monoisotopic (exact) mass is 369 g/mol. The molecule has 4 heteroatoms. The first-order chi connectivity index (χ1) is 12.9. The zero-order valence-corrected chi connectivity index (χ0v) is 16.7. The smallest absolute Gasteiger partial charge is 0.227 e. The summed E-state index contributed by atoms with van der Waals surface area (Å²) in [6.07, 6.45) is 0.372. The van der Waals surface area contributed by atoms with Crippen LogP contribution in [0.25, 0.3) is 0 Å². The summed E-state index contributed by atoms with van der Waals surface area (Å²) in [4.78, 5) is 12.7. The zero-order valence-electron chi connectivity index (χ0n) is 16.7. The fraction of sp³-hybridized carbons (Fsp3) is 0.435. The van der Waals surface area contributed by atoms with Crippen molar-refractivity contribution in [2.45, 2.75) is 52.2 Å². The maximum atomic E-state index is 12.7. The van der Waals surface area contributed by atoms with E-state index in [-0.39, 0.29) is 11.8 Å². The summed E-state index contributed by atoms with van der Waals surface area (Å²) in [7, 11) is 0. The van der Waals surface area contributed by atoms with Crippen LogP contribution in [0.2, 0.25) is 0 Å². The molecular formula is C23H31NO3. The molecule has 146 valence electrons. The van der Waals surface area contributed by atoms with Gasteiger partial charge < -0.3 is 15.2 Å². The highest BCUT2D eigenvalue weighted by Gasteiger charge is 2.23. The topological polar surface area (TPSA) is 58.6 Å². The number of aliphatic hydroxyl groups is 1. The molecule has 0 spiro atoms. The second-order valence-corrected chi connectivity index (χ2v) is 7.25. The summed E-state index contributed by atoms with van der Waals surface area (Å²) >= 11 is 0. The van der Waals surface area contributed by atoms with Crippen molar-refractivity contribution < 1.29 is 14.6 Å². The van der Waals surface area contributed by atoms with Gasteiger partial charge in [-0.2, -0.15) is 0 Å². The molecule has 2 N–H and O–H groups in total. The minimum absolute atomic E-state index is 0.107. The van der Waals surface area contributed by atoms with Gasteiger partial charge in [-0.05, 0) is 43.0 Å². The van der Waals surface area contributed by atoms with Crippen LogP contribution in [0, 0.1) is 5.92 Å². The molecule has 0 aliphatic rings. The Labute approximate surface area is 162 Å². The second kappa shape index (κ2) is 10.1. The molecule has 0 fully saturated rings. The average molecular weight is 370 g/mol. The number of benzene rings is 2. The van der Waals surface area contributed by atoms with Crippen molar-refractivity contribution in [3.63, 3.8) is 0 Å². The lowest BCUT2D eigenvalue weighted by Crippen LogP contribution is -2.37. The van der Waals surface area contributed by atoms with Crippen LogP contribution in [0.15, 0.2) is 54.6 Å². The van der Waals surface area contributed by atoms with E-state index in [0.29, 0.717) is 12.5 Å². The van der Waals surface area contributed by atoms with Gasteiger partial charge >= 0.3 is 0 Å². The molecule has 0 aromatic heterocycles. The molecule has 2 aromatic rings. The van der Waals surface area contributed by atoms with Crippen LogP contribution in [0.1, 0.15) is 57.2 Å². The van der Waals surface area contributed by atoms with E-state index in [1.165, 1.54) is 0 Å². The molecule has 4 unspecified atom stereocenters. The van der Waals surface area contributed by atoms with Crippen LogP contribution in [-0.2, 0) is 4.79 Å². The molecule has 0 aliphatic heterocycles. The molecule has 27 heavy (non-hydrogen) atoms. The standard InChI is InChI=1S/C23H31NO3/c1-5-16(2)15-27-21-13-11-20(12-14-21)22(18(4)25)24-23(26)17(3)19-9-7-6-8-10-19/h6-14,16-18,22,25H,5,15H2,1-4H3,(H,24,26). The van der Waals surface area contributed by atoms with Crippen molar-refractivity contribution in [1.82, 2.24) is 5.32 Å². The number of amides is 1. The maximum Gasteiger partial charge on any atom is 0.227 e. The van der Waals surface area contributed by atoms with Gasteiger partial charge in [0.15, 0.2) is 0 Å². The minimum atomic E-state index is -0.705. The molecular weight excluding hydrogens is 338 g/mol. The number of aliphatic hydroxyl groups excluding tert-OH is 1. The summed E-state index contributed by atoms with van der Waals surface area (Å²) in [5, 5.41) is 13.2. The molecule has 0 saturated carbocycles. The summed E-state index contributed by atoms with van der Waals surface area (Å²) in [5.41, 5.74) is 1.81. The Bertz CT molecular complexity index is 697. The van der Waals surface area contributed by atoms with Crippen LogP contribution >= 0.6 is 0 Å². The molecule has 4 nitrogen and oxygen atoms in total. The number of carbonyl (C=O) groups excluding carboxylic acids is 1. The Kier molecular flexibility index (Phi) is 7.86. The lowest BCUT2D eigenvalue weighted by Gasteiger charge is -2.24. The molecule has 0 heterocycles. The molecule has 0 aliphatic carbocycles. The fourth-order valence-corrected chi connectivity index (χ4v) is 2.78. The third-order valence-corrected chi connectivity index (χ3v) is 4.94. The number of carbonyl (C=O) groups is 1. The number of hydrogen-bond acceptors (Lipinski definition) is 3. The Morgan fingerprint density at radius 2 is 1.63 bits per heavy atom. The number of nitrogens with one attached hydrogen (secondary N) is 1. The molecule has 0 saturated heterocycles. The van der Waals surface area contributed by atoms with Crippen molar-refractivity contribution in [3.8, 4) is 5.75 Å². The van der Waals surface area contributed by atoms with E-state index >= 15 is 0 Å². The quantitative estimate of drug-likeness (QED) is 0.686. The van der Waals surface area contributed by atoms with E-state index in [0.717, 1.165) is 23.3 Å². The summed E-state index contributed by atoms with van der Waals surface area (Å²) in [6.45, 7) is 8.53. The average Bonchev–Trinajstić information content (AvgIpc) is 2.70. The van der Waals surface area contributed by atoms with Gasteiger partial charge in [0, 0.05) is 0 Å². The van der Waals surface area contributed by atoms with E-state index in [1.807, 2.05) is 61.5 Å². The Hall–Kier alpha value is -2.33. The first kappa shape index (κ1) is 21.0. The van der Waals surface area contributed by atoms with Gasteiger partial charge in [0.25, 0.3) is 0 Å². The van der Waals surface area contributed by atoms with Gasteiger partial charge in [0.2, 0.25) is 5.91 Å². The Morgan fingerprint density at radius 1 is 1.00 bits per heavy atom. The maximum absolute atomic E-state index is 12.7. The zero-order chi connectivity index (χ0) is 19.8. The SMILES string of the molecule is CCC(C)COc1ccc(C(NC(=O)C(C)c2ccccc2)C(C)O)cc1. The third-order valence-electron chi connectivity index (χ3n) is 4.94. The predicted octanol–water partition coefficient (Wildman–Crippen LogP) is 4.45. The van der Waals surface area contributed by atoms with Crippen molar-refractivity contribution in [2.24, 2.45) is 5.92 Å². The van der Waals surface area contributed by atoms with Crippen LogP contribution in [0.3, 0.4) is 0 Å². The normalized spacial score (nSPS) is 15.4. The largest absolute Gasteiger partial charge is 0.493 e. The van der Waals surface area contributed by atoms with Crippen LogP contribution < -0.4 is 10.1 Å². The van der Waals surface area contributed by atoms with Crippen LogP contribution in [-0.4, -0.2) is 23.7 Å². The first-order valence-electron chi connectivity index (χ1n) is 9.68. The highest BCUT2D eigenvalue weighted by Crippen LogP contribution is 2.23. The summed E-state index contributed by atoms with van der Waals surface area (Å²) in [5.74, 6) is 0.913. The van der Waals surface area contributed by atoms with E-state index in [4.69, 9.17) is 4.74 Å². The van der Waals surface area contributed by atoms with Gasteiger partial charge in [-0.3, -0.25) is 4.79 Å². The van der Waals surface area contributed by atoms with Gasteiger partial charge in [0.05, 0.1) is 24.7 Å². The van der Waals surface area contributed by atoms with Gasteiger partial charge in [0.1, 0.15) is 5.75 Å². The van der Waals surface area contributed by atoms with Crippen LogP contribution in [0.5, 0.6) is 5.75 Å². The third kappa shape index (κ3) is 6.10. The van der Waals surface area contributed by atoms with Gasteiger partial charge in [-0.1, -0.05) is 62.7 Å². The second-order valence-electron chi connectivity index (χ2n) is 7.25. The molecule has 2 rings (SSSR count). The van der Waals surface area contributed by atoms with Crippen molar-refractivity contribution >= 4 is 5.91 Å². The minimum Gasteiger partial charge on any atom is -0.493 e. The Balaban J connectivity index is 2.05. The molecule has 0 bridgehead atoms. The van der Waals surface area contributed by atoms with Crippen molar-refractivity contribution in [1.29, 1.82) is 0 Å². The summed E-state index contributed by atoms with van der Waals surface area (Å²) in [6, 6.07) is 16.8. The van der Waals surface area contributed by atoms with E-state index in [2.05, 4.69) is 19.2 Å². The lowest BCUT2D eigenvalue weighted by molar-refractivity contribution is -0.123. The molecule has 0 radical (unpaired) electrons.